The zero-order chi connectivity index (χ0) is 18.8. The molecular formula is C19H21FN4O2S. The van der Waals surface area contributed by atoms with E-state index < -0.39 is 5.82 Å². The number of amides is 3. The minimum Gasteiger partial charge on any atom is -0.324 e. The second kappa shape index (κ2) is 7.64. The van der Waals surface area contributed by atoms with Crippen molar-refractivity contribution in [3.05, 3.63) is 41.2 Å². The zero-order valence-corrected chi connectivity index (χ0v) is 15.6. The number of piperidine rings is 1. The van der Waals surface area contributed by atoms with Crippen molar-refractivity contribution in [1.29, 1.82) is 0 Å². The topological polar surface area (TPSA) is 74.3 Å². The van der Waals surface area contributed by atoms with E-state index in [4.69, 9.17) is 0 Å². The van der Waals surface area contributed by atoms with Crippen molar-refractivity contribution >= 4 is 34.1 Å². The van der Waals surface area contributed by atoms with Crippen LogP contribution in [-0.4, -0.2) is 34.9 Å². The third-order valence-corrected chi connectivity index (χ3v) is 5.72. The first-order valence-corrected chi connectivity index (χ1v) is 10.0. The smallest absolute Gasteiger partial charge is 0.321 e. The van der Waals surface area contributed by atoms with Crippen LogP contribution in [-0.2, 0) is 4.79 Å². The Bertz CT molecular complexity index is 852. The fourth-order valence-corrected chi connectivity index (χ4v) is 4.05. The molecule has 1 saturated heterocycles. The van der Waals surface area contributed by atoms with Gasteiger partial charge in [0.05, 0.1) is 17.3 Å². The van der Waals surface area contributed by atoms with Crippen molar-refractivity contribution in [2.24, 2.45) is 5.92 Å². The lowest BCUT2D eigenvalue weighted by atomic mass is 9.97. The molecule has 1 aromatic heterocycles. The number of thiazole rings is 1. The number of anilines is 2. The number of para-hydroxylation sites is 1. The summed E-state index contributed by atoms with van der Waals surface area (Å²) in [6.45, 7) is 0.861. The van der Waals surface area contributed by atoms with Gasteiger partial charge in [0, 0.05) is 24.4 Å². The van der Waals surface area contributed by atoms with E-state index in [2.05, 4.69) is 15.6 Å². The summed E-state index contributed by atoms with van der Waals surface area (Å²) in [6.07, 6.45) is 3.79. The summed E-state index contributed by atoms with van der Waals surface area (Å²) >= 11 is 1.44. The minimum atomic E-state index is -0.479. The first kappa shape index (κ1) is 17.9. The van der Waals surface area contributed by atoms with Gasteiger partial charge in [-0.2, -0.15) is 0 Å². The van der Waals surface area contributed by atoms with E-state index in [0.29, 0.717) is 24.1 Å². The van der Waals surface area contributed by atoms with Gasteiger partial charge in [-0.15, -0.1) is 11.3 Å². The molecular weight excluding hydrogens is 367 g/mol. The van der Waals surface area contributed by atoms with Gasteiger partial charge in [0.15, 0.2) is 5.13 Å². The third-order valence-electron chi connectivity index (χ3n) is 4.94. The Kier molecular flexibility index (Phi) is 5.07. The van der Waals surface area contributed by atoms with Gasteiger partial charge < -0.3 is 15.5 Å². The first-order valence-electron chi connectivity index (χ1n) is 9.17. The maximum Gasteiger partial charge on any atom is 0.321 e. The predicted octanol–water partition coefficient (Wildman–Crippen LogP) is 4.04. The molecule has 2 aliphatic rings. The Morgan fingerprint density at radius 1 is 1.19 bits per heavy atom. The van der Waals surface area contributed by atoms with E-state index in [1.807, 2.05) is 5.38 Å². The van der Waals surface area contributed by atoms with Crippen LogP contribution in [0.5, 0.6) is 0 Å². The molecule has 0 radical (unpaired) electrons. The molecule has 1 aliphatic carbocycles. The van der Waals surface area contributed by atoms with Crippen molar-refractivity contribution in [1.82, 2.24) is 9.88 Å². The molecule has 2 fully saturated rings. The lowest BCUT2D eigenvalue weighted by molar-refractivity contribution is -0.121. The second-order valence-corrected chi connectivity index (χ2v) is 7.89. The molecule has 0 spiro atoms. The van der Waals surface area contributed by atoms with Crippen LogP contribution in [0.15, 0.2) is 29.6 Å². The molecule has 3 amide bonds. The van der Waals surface area contributed by atoms with Crippen LogP contribution in [0.2, 0.25) is 0 Å². The van der Waals surface area contributed by atoms with Crippen molar-refractivity contribution in [3.63, 3.8) is 0 Å². The van der Waals surface area contributed by atoms with E-state index in [9.17, 15) is 14.0 Å². The number of nitrogens with one attached hydrogen (secondary N) is 2. The molecule has 1 atom stereocenters. The lowest BCUT2D eigenvalue weighted by Gasteiger charge is -2.31. The number of urea groups is 1. The molecule has 0 bridgehead atoms. The van der Waals surface area contributed by atoms with Gasteiger partial charge in [0.25, 0.3) is 0 Å². The zero-order valence-electron chi connectivity index (χ0n) is 14.8. The Morgan fingerprint density at radius 3 is 2.78 bits per heavy atom. The first-order chi connectivity index (χ1) is 13.1. The number of likely N-dealkylation sites (tertiary alicyclic amines) is 1. The third kappa shape index (κ3) is 4.27. The summed E-state index contributed by atoms with van der Waals surface area (Å²) < 4.78 is 13.7. The predicted molar refractivity (Wildman–Crippen MR) is 102 cm³/mol. The minimum absolute atomic E-state index is 0.116. The van der Waals surface area contributed by atoms with E-state index in [1.165, 1.54) is 36.3 Å². The molecule has 1 aliphatic heterocycles. The van der Waals surface area contributed by atoms with Crippen molar-refractivity contribution < 1.29 is 14.0 Å². The van der Waals surface area contributed by atoms with Crippen LogP contribution in [0.1, 0.15) is 37.3 Å². The summed E-state index contributed by atoms with van der Waals surface area (Å²) in [4.78, 5) is 31.1. The highest BCUT2D eigenvalue weighted by atomic mass is 32.1. The number of hydrogen-bond acceptors (Lipinski definition) is 4. The van der Waals surface area contributed by atoms with Crippen LogP contribution in [0.3, 0.4) is 0 Å². The SMILES string of the molecule is O=C(Nc1nc(C2CC2)cs1)C1CCCN(C(=O)Nc2ccccc2F)C1. The molecule has 6 nitrogen and oxygen atoms in total. The van der Waals surface area contributed by atoms with Gasteiger partial charge in [0.2, 0.25) is 5.91 Å². The van der Waals surface area contributed by atoms with Gasteiger partial charge in [0.1, 0.15) is 5.82 Å². The molecule has 2 N–H and O–H groups in total. The van der Waals surface area contributed by atoms with Crippen LogP contribution in [0, 0.1) is 11.7 Å². The Hall–Kier alpha value is -2.48. The van der Waals surface area contributed by atoms with Crippen LogP contribution in [0.4, 0.5) is 20.0 Å². The largest absolute Gasteiger partial charge is 0.324 e. The van der Waals surface area contributed by atoms with Crippen LogP contribution in [0.25, 0.3) is 0 Å². The number of benzene rings is 1. The van der Waals surface area contributed by atoms with Crippen molar-refractivity contribution in [2.75, 3.05) is 23.7 Å². The maximum atomic E-state index is 13.7. The molecule has 1 unspecified atom stereocenters. The average molecular weight is 388 g/mol. The number of carbonyl (C=O) groups is 2. The lowest BCUT2D eigenvalue weighted by Crippen LogP contribution is -2.45. The van der Waals surface area contributed by atoms with Crippen LogP contribution >= 0.6 is 11.3 Å². The van der Waals surface area contributed by atoms with E-state index in [-0.39, 0.29) is 23.5 Å². The fraction of sp³-hybridized carbons (Fsp3) is 0.421. The quantitative estimate of drug-likeness (QED) is 0.830. The molecule has 8 heteroatoms. The van der Waals surface area contributed by atoms with Gasteiger partial charge in [-0.25, -0.2) is 14.2 Å². The summed E-state index contributed by atoms with van der Waals surface area (Å²) in [5, 5.41) is 8.09. The monoisotopic (exact) mass is 388 g/mol. The van der Waals surface area contributed by atoms with Gasteiger partial charge in [-0.05, 0) is 37.8 Å². The second-order valence-electron chi connectivity index (χ2n) is 7.04. The molecule has 2 aromatic rings. The molecule has 27 heavy (non-hydrogen) atoms. The molecule has 2 heterocycles. The summed E-state index contributed by atoms with van der Waals surface area (Å²) in [6, 6.07) is 5.66. The number of rotatable bonds is 4. The summed E-state index contributed by atoms with van der Waals surface area (Å²) in [7, 11) is 0. The number of hydrogen-bond donors (Lipinski definition) is 2. The summed E-state index contributed by atoms with van der Waals surface area (Å²) in [5.41, 5.74) is 1.20. The van der Waals surface area contributed by atoms with Crippen LogP contribution < -0.4 is 10.6 Å². The van der Waals surface area contributed by atoms with E-state index in [0.717, 1.165) is 18.5 Å². The van der Waals surface area contributed by atoms with Crippen molar-refractivity contribution in [3.8, 4) is 0 Å². The molecule has 142 valence electrons. The number of carbonyl (C=O) groups excluding carboxylic acids is 2. The highest BCUT2D eigenvalue weighted by Gasteiger charge is 2.30. The fourth-order valence-electron chi connectivity index (χ4n) is 3.25. The van der Waals surface area contributed by atoms with E-state index >= 15 is 0 Å². The number of aromatic nitrogens is 1. The summed E-state index contributed by atoms with van der Waals surface area (Å²) in [5.74, 6) is -0.333. The van der Waals surface area contributed by atoms with E-state index in [1.54, 1.807) is 17.0 Å². The highest BCUT2D eigenvalue weighted by Crippen LogP contribution is 2.41. The maximum absolute atomic E-state index is 13.7. The molecule has 4 rings (SSSR count). The Morgan fingerprint density at radius 2 is 2.00 bits per heavy atom. The van der Waals surface area contributed by atoms with Gasteiger partial charge in [-0.1, -0.05) is 12.1 Å². The Labute approximate surface area is 160 Å². The highest BCUT2D eigenvalue weighted by molar-refractivity contribution is 7.13. The average Bonchev–Trinajstić information content (AvgIpc) is 3.43. The normalized spacial score (nSPS) is 19.6. The Balaban J connectivity index is 1.34. The number of nitrogens with zero attached hydrogens (tertiary/aromatic N) is 2. The molecule has 1 aromatic carbocycles. The van der Waals surface area contributed by atoms with Gasteiger partial charge in [-0.3, -0.25) is 4.79 Å². The van der Waals surface area contributed by atoms with Crippen molar-refractivity contribution in [2.45, 2.75) is 31.6 Å². The number of halogens is 1. The molecule has 1 saturated carbocycles. The standard InChI is InChI=1S/C19H21FN4O2S/c20-14-5-1-2-6-15(14)22-19(26)24-9-3-4-13(10-24)17(25)23-18-21-16(11-27-18)12-7-8-12/h1-2,5-6,11-13H,3-4,7-10H2,(H,22,26)(H,21,23,25). The van der Waals surface area contributed by atoms with Gasteiger partial charge >= 0.3 is 6.03 Å².